The standard InChI is InChI=1S/C14H12FNO4S/c15-21(18,19)13-9-5-4-8-12(13)16-14(17)10-20-11-6-2-1-3-7-11/h1-9H,10H2,(H,16,17). The number of halogens is 1. The molecule has 0 aliphatic carbocycles. The molecular weight excluding hydrogens is 297 g/mol. The molecule has 0 aliphatic heterocycles. The van der Waals surface area contributed by atoms with Crippen LogP contribution in [-0.2, 0) is 15.0 Å². The lowest BCUT2D eigenvalue weighted by molar-refractivity contribution is -0.118. The van der Waals surface area contributed by atoms with E-state index in [2.05, 4.69) is 5.32 Å². The molecule has 0 heterocycles. The van der Waals surface area contributed by atoms with E-state index in [0.717, 1.165) is 6.07 Å². The van der Waals surface area contributed by atoms with Crippen LogP contribution in [0.15, 0.2) is 59.5 Å². The Labute approximate surface area is 121 Å². The first-order valence-electron chi connectivity index (χ1n) is 5.98. The Morgan fingerprint density at radius 1 is 1.05 bits per heavy atom. The van der Waals surface area contributed by atoms with Crippen molar-refractivity contribution in [1.82, 2.24) is 0 Å². The topological polar surface area (TPSA) is 72.5 Å². The summed E-state index contributed by atoms with van der Waals surface area (Å²) < 4.78 is 40.2. The van der Waals surface area contributed by atoms with Crippen molar-refractivity contribution in [2.45, 2.75) is 4.90 Å². The molecule has 2 rings (SSSR count). The van der Waals surface area contributed by atoms with Gasteiger partial charge in [0.2, 0.25) is 0 Å². The number of para-hydroxylation sites is 2. The summed E-state index contributed by atoms with van der Waals surface area (Å²) in [6.45, 7) is -0.315. The van der Waals surface area contributed by atoms with Gasteiger partial charge in [0, 0.05) is 0 Å². The van der Waals surface area contributed by atoms with Crippen LogP contribution in [0.4, 0.5) is 9.57 Å². The number of hydrogen-bond donors (Lipinski definition) is 1. The maximum atomic E-state index is 13.1. The monoisotopic (exact) mass is 309 g/mol. The van der Waals surface area contributed by atoms with Gasteiger partial charge >= 0.3 is 10.2 Å². The molecule has 0 spiro atoms. The minimum atomic E-state index is -4.90. The third-order valence-electron chi connectivity index (χ3n) is 2.54. The van der Waals surface area contributed by atoms with Gasteiger partial charge in [-0.25, -0.2) is 0 Å². The number of rotatable bonds is 5. The number of amides is 1. The number of benzene rings is 2. The van der Waals surface area contributed by atoms with E-state index in [-0.39, 0.29) is 12.3 Å². The quantitative estimate of drug-likeness (QED) is 0.861. The van der Waals surface area contributed by atoms with E-state index in [0.29, 0.717) is 5.75 Å². The average Bonchev–Trinajstić information content (AvgIpc) is 2.46. The second kappa shape index (κ2) is 6.36. The van der Waals surface area contributed by atoms with Gasteiger partial charge in [0.05, 0.1) is 5.69 Å². The summed E-state index contributed by atoms with van der Waals surface area (Å²) >= 11 is 0. The van der Waals surface area contributed by atoms with E-state index in [1.165, 1.54) is 18.2 Å². The SMILES string of the molecule is O=C(COc1ccccc1)Nc1ccccc1S(=O)(=O)F. The fourth-order valence-electron chi connectivity index (χ4n) is 1.63. The molecular formula is C14H12FNO4S. The first kappa shape index (κ1) is 15.0. The van der Waals surface area contributed by atoms with Gasteiger partial charge in [-0.2, -0.15) is 8.42 Å². The second-order valence-electron chi connectivity index (χ2n) is 4.08. The molecule has 110 valence electrons. The zero-order chi connectivity index (χ0) is 15.3. The Bertz CT molecular complexity index is 732. The van der Waals surface area contributed by atoms with Gasteiger partial charge in [-0.05, 0) is 24.3 Å². The first-order chi connectivity index (χ1) is 9.97. The summed E-state index contributed by atoms with van der Waals surface area (Å²) in [7, 11) is -4.90. The van der Waals surface area contributed by atoms with Crippen molar-refractivity contribution in [2.24, 2.45) is 0 Å². The van der Waals surface area contributed by atoms with Crippen molar-refractivity contribution < 1.29 is 21.8 Å². The zero-order valence-electron chi connectivity index (χ0n) is 10.8. The van der Waals surface area contributed by atoms with Crippen LogP contribution in [0, 0.1) is 0 Å². The molecule has 1 N–H and O–H groups in total. The van der Waals surface area contributed by atoms with Crippen LogP contribution in [0.1, 0.15) is 0 Å². The lowest BCUT2D eigenvalue weighted by Gasteiger charge is -2.09. The molecule has 0 radical (unpaired) electrons. The number of anilines is 1. The molecule has 0 unspecified atom stereocenters. The lowest BCUT2D eigenvalue weighted by Crippen LogP contribution is -2.21. The number of carbonyl (C=O) groups excluding carboxylic acids is 1. The van der Waals surface area contributed by atoms with E-state index in [9.17, 15) is 17.1 Å². The molecule has 7 heteroatoms. The summed E-state index contributed by atoms with van der Waals surface area (Å²) in [4.78, 5) is 11.1. The summed E-state index contributed by atoms with van der Waals surface area (Å²) in [5.41, 5.74) is -0.123. The van der Waals surface area contributed by atoms with Crippen LogP contribution >= 0.6 is 0 Å². The summed E-state index contributed by atoms with van der Waals surface area (Å²) in [5, 5.41) is 2.30. The third kappa shape index (κ3) is 4.28. The summed E-state index contributed by atoms with van der Waals surface area (Å²) in [6, 6.07) is 13.9. The number of hydrogen-bond acceptors (Lipinski definition) is 4. The third-order valence-corrected chi connectivity index (χ3v) is 3.42. The minimum Gasteiger partial charge on any atom is -0.484 e. The van der Waals surface area contributed by atoms with Gasteiger partial charge in [0.15, 0.2) is 6.61 Å². The van der Waals surface area contributed by atoms with Crippen LogP contribution in [0.2, 0.25) is 0 Å². The van der Waals surface area contributed by atoms with Gasteiger partial charge in [0.25, 0.3) is 5.91 Å². The molecule has 0 aliphatic rings. The molecule has 1 amide bonds. The van der Waals surface area contributed by atoms with Crippen molar-refractivity contribution in [1.29, 1.82) is 0 Å². The highest BCUT2D eigenvalue weighted by atomic mass is 32.3. The average molecular weight is 309 g/mol. The number of carbonyl (C=O) groups is 1. The van der Waals surface area contributed by atoms with Crippen LogP contribution in [0.5, 0.6) is 5.75 Å². The van der Waals surface area contributed by atoms with Gasteiger partial charge in [-0.3, -0.25) is 4.79 Å². The largest absolute Gasteiger partial charge is 0.484 e. The van der Waals surface area contributed by atoms with Crippen molar-refractivity contribution >= 4 is 21.8 Å². The van der Waals surface area contributed by atoms with Gasteiger partial charge < -0.3 is 10.1 Å². The highest BCUT2D eigenvalue weighted by Crippen LogP contribution is 2.22. The first-order valence-corrected chi connectivity index (χ1v) is 7.36. The fourth-order valence-corrected chi connectivity index (χ4v) is 2.26. The van der Waals surface area contributed by atoms with Crippen LogP contribution < -0.4 is 10.1 Å². The summed E-state index contributed by atoms with van der Waals surface area (Å²) in [5.74, 6) is -0.0889. The molecule has 0 saturated heterocycles. The maximum Gasteiger partial charge on any atom is 0.334 e. The molecule has 0 saturated carbocycles. The molecule has 0 aromatic heterocycles. The van der Waals surface area contributed by atoms with Crippen molar-refractivity contribution in [2.75, 3.05) is 11.9 Å². The van der Waals surface area contributed by atoms with E-state index in [1.54, 1.807) is 30.3 Å². The van der Waals surface area contributed by atoms with E-state index < -0.39 is 21.0 Å². The Kier molecular flexibility index (Phi) is 4.54. The summed E-state index contributed by atoms with van der Waals surface area (Å²) in [6.07, 6.45) is 0. The molecule has 5 nitrogen and oxygen atoms in total. The van der Waals surface area contributed by atoms with Crippen LogP contribution in [-0.4, -0.2) is 20.9 Å². The predicted molar refractivity (Wildman–Crippen MR) is 75.3 cm³/mol. The zero-order valence-corrected chi connectivity index (χ0v) is 11.6. The predicted octanol–water partition coefficient (Wildman–Crippen LogP) is 2.36. The highest BCUT2D eigenvalue weighted by Gasteiger charge is 2.18. The van der Waals surface area contributed by atoms with E-state index in [4.69, 9.17) is 4.74 Å². The molecule has 0 fully saturated rings. The van der Waals surface area contributed by atoms with Crippen molar-refractivity contribution in [3.05, 3.63) is 54.6 Å². The van der Waals surface area contributed by atoms with E-state index in [1.807, 2.05) is 0 Å². The Hall–Kier alpha value is -2.41. The van der Waals surface area contributed by atoms with Crippen molar-refractivity contribution in [3.8, 4) is 5.75 Å². The fraction of sp³-hybridized carbons (Fsp3) is 0.0714. The van der Waals surface area contributed by atoms with Crippen LogP contribution in [0.25, 0.3) is 0 Å². The van der Waals surface area contributed by atoms with E-state index >= 15 is 0 Å². The molecule has 0 bridgehead atoms. The van der Waals surface area contributed by atoms with Crippen molar-refractivity contribution in [3.63, 3.8) is 0 Å². The van der Waals surface area contributed by atoms with Crippen LogP contribution in [0.3, 0.4) is 0 Å². The highest BCUT2D eigenvalue weighted by molar-refractivity contribution is 7.86. The molecule has 2 aromatic rings. The molecule has 2 aromatic carbocycles. The Balaban J connectivity index is 2.04. The minimum absolute atomic E-state index is 0.123. The number of ether oxygens (including phenoxy) is 1. The maximum absolute atomic E-state index is 13.1. The van der Waals surface area contributed by atoms with Gasteiger partial charge in [-0.15, -0.1) is 3.89 Å². The number of nitrogens with one attached hydrogen (secondary N) is 1. The lowest BCUT2D eigenvalue weighted by atomic mass is 10.3. The second-order valence-corrected chi connectivity index (χ2v) is 5.40. The van der Waals surface area contributed by atoms with Gasteiger partial charge in [0.1, 0.15) is 10.6 Å². The molecule has 0 atom stereocenters. The Morgan fingerprint density at radius 3 is 2.33 bits per heavy atom. The Morgan fingerprint density at radius 2 is 1.67 bits per heavy atom. The normalized spacial score (nSPS) is 10.9. The molecule has 21 heavy (non-hydrogen) atoms. The smallest absolute Gasteiger partial charge is 0.334 e. The van der Waals surface area contributed by atoms with Gasteiger partial charge in [-0.1, -0.05) is 30.3 Å².